The number of ether oxygens (including phenoxy) is 1. The summed E-state index contributed by atoms with van der Waals surface area (Å²) in [6.07, 6.45) is -4.44. The molecule has 0 aromatic heterocycles. The molecule has 0 spiro atoms. The van der Waals surface area contributed by atoms with E-state index in [1.807, 2.05) is 6.92 Å². The monoisotopic (exact) mass is 281 g/mol. The van der Waals surface area contributed by atoms with Gasteiger partial charge in [-0.3, -0.25) is 0 Å². The van der Waals surface area contributed by atoms with Gasteiger partial charge >= 0.3 is 6.18 Å². The van der Waals surface area contributed by atoms with Gasteiger partial charge in [-0.25, -0.2) is 0 Å². The van der Waals surface area contributed by atoms with Crippen LogP contribution in [0.25, 0.3) is 0 Å². The lowest BCUT2D eigenvalue weighted by atomic mass is 10.1. The minimum Gasteiger partial charge on any atom is -0.457 e. The summed E-state index contributed by atoms with van der Waals surface area (Å²) in [6, 6.07) is 11.7. The third-order valence-electron chi connectivity index (χ3n) is 2.83. The van der Waals surface area contributed by atoms with E-state index in [1.54, 1.807) is 24.3 Å². The smallest absolute Gasteiger partial charge is 0.419 e. The van der Waals surface area contributed by atoms with Crippen LogP contribution in [0.15, 0.2) is 48.5 Å². The van der Waals surface area contributed by atoms with Crippen molar-refractivity contribution in [2.45, 2.75) is 19.1 Å². The fraction of sp³-hybridized carbons (Fsp3) is 0.200. The van der Waals surface area contributed by atoms with Crippen LogP contribution in [0, 0.1) is 0 Å². The second-order valence-electron chi connectivity index (χ2n) is 4.45. The molecule has 0 aliphatic heterocycles. The van der Waals surface area contributed by atoms with Gasteiger partial charge in [0.2, 0.25) is 0 Å². The Morgan fingerprint density at radius 2 is 1.60 bits per heavy atom. The molecule has 1 atom stereocenters. The van der Waals surface area contributed by atoms with Gasteiger partial charge in [-0.1, -0.05) is 24.3 Å². The molecule has 2 aromatic carbocycles. The van der Waals surface area contributed by atoms with Gasteiger partial charge in [0.05, 0.1) is 5.56 Å². The number of benzene rings is 2. The average molecular weight is 281 g/mol. The zero-order chi connectivity index (χ0) is 14.8. The molecule has 20 heavy (non-hydrogen) atoms. The minimum absolute atomic E-state index is 0.133. The molecular formula is C15H14F3NO. The molecule has 0 saturated heterocycles. The van der Waals surface area contributed by atoms with Gasteiger partial charge in [-0.05, 0) is 36.8 Å². The number of rotatable bonds is 3. The van der Waals surface area contributed by atoms with E-state index in [-0.39, 0.29) is 11.8 Å². The lowest BCUT2D eigenvalue weighted by molar-refractivity contribution is -0.138. The van der Waals surface area contributed by atoms with Gasteiger partial charge in [0, 0.05) is 6.04 Å². The van der Waals surface area contributed by atoms with Crippen LogP contribution < -0.4 is 10.5 Å². The Morgan fingerprint density at radius 3 is 2.15 bits per heavy atom. The van der Waals surface area contributed by atoms with Gasteiger partial charge in [0.25, 0.3) is 0 Å². The van der Waals surface area contributed by atoms with Crippen LogP contribution in [0.1, 0.15) is 24.1 Å². The van der Waals surface area contributed by atoms with E-state index in [1.165, 1.54) is 18.2 Å². The number of hydrogen-bond donors (Lipinski definition) is 1. The van der Waals surface area contributed by atoms with Gasteiger partial charge < -0.3 is 10.5 Å². The van der Waals surface area contributed by atoms with Crippen LogP contribution in [0.2, 0.25) is 0 Å². The van der Waals surface area contributed by atoms with E-state index >= 15 is 0 Å². The molecule has 0 aliphatic rings. The predicted octanol–water partition coefficient (Wildman–Crippen LogP) is 4.52. The Labute approximate surface area is 115 Å². The number of halogens is 3. The molecule has 0 fully saturated rings. The maximum Gasteiger partial charge on any atom is 0.419 e. The highest BCUT2D eigenvalue weighted by Crippen LogP contribution is 2.37. The summed E-state index contributed by atoms with van der Waals surface area (Å²) < 4.78 is 43.8. The molecule has 2 rings (SSSR count). The third kappa shape index (κ3) is 3.30. The molecule has 0 unspecified atom stereocenters. The minimum atomic E-state index is -4.44. The maximum absolute atomic E-state index is 12.8. The molecule has 0 bridgehead atoms. The standard InChI is InChI=1S/C15H14F3NO/c1-10(19)11-6-8-12(9-7-11)20-14-5-3-2-4-13(14)15(16,17)18/h2-10H,19H2,1H3/t10-/m1/s1. The van der Waals surface area contributed by atoms with Crippen LogP contribution in [-0.4, -0.2) is 0 Å². The molecule has 106 valence electrons. The van der Waals surface area contributed by atoms with Crippen molar-refractivity contribution in [3.05, 3.63) is 59.7 Å². The number of alkyl halides is 3. The topological polar surface area (TPSA) is 35.2 Å². The molecule has 2 N–H and O–H groups in total. The fourth-order valence-electron chi connectivity index (χ4n) is 1.76. The normalized spacial score (nSPS) is 13.1. The largest absolute Gasteiger partial charge is 0.457 e. The summed E-state index contributed by atoms with van der Waals surface area (Å²) in [6.45, 7) is 1.83. The van der Waals surface area contributed by atoms with Crippen LogP contribution in [0.4, 0.5) is 13.2 Å². The third-order valence-corrected chi connectivity index (χ3v) is 2.83. The second-order valence-corrected chi connectivity index (χ2v) is 4.45. The lowest BCUT2D eigenvalue weighted by Crippen LogP contribution is -2.07. The summed E-state index contributed by atoms with van der Waals surface area (Å²) >= 11 is 0. The van der Waals surface area contributed by atoms with Crippen LogP contribution >= 0.6 is 0 Å². The number of hydrogen-bond acceptors (Lipinski definition) is 2. The summed E-state index contributed by atoms with van der Waals surface area (Å²) in [4.78, 5) is 0. The Balaban J connectivity index is 2.26. The molecule has 0 amide bonds. The van der Waals surface area contributed by atoms with Crippen molar-refractivity contribution in [3.63, 3.8) is 0 Å². The zero-order valence-corrected chi connectivity index (χ0v) is 10.8. The van der Waals surface area contributed by atoms with E-state index in [9.17, 15) is 13.2 Å². The fourth-order valence-corrected chi connectivity index (χ4v) is 1.76. The van der Waals surface area contributed by atoms with Crippen LogP contribution in [0.3, 0.4) is 0 Å². The molecule has 0 saturated carbocycles. The second kappa shape index (κ2) is 5.54. The average Bonchev–Trinajstić information content (AvgIpc) is 2.38. The maximum atomic E-state index is 12.8. The molecule has 0 heterocycles. The number of nitrogens with two attached hydrogens (primary N) is 1. The summed E-state index contributed by atoms with van der Waals surface area (Å²) in [5, 5.41) is 0. The first-order valence-electron chi connectivity index (χ1n) is 6.07. The van der Waals surface area contributed by atoms with E-state index in [0.29, 0.717) is 5.75 Å². The summed E-state index contributed by atoms with van der Waals surface area (Å²) in [7, 11) is 0. The van der Waals surface area contributed by atoms with Crippen LogP contribution in [0.5, 0.6) is 11.5 Å². The highest BCUT2D eigenvalue weighted by molar-refractivity contribution is 5.40. The highest BCUT2D eigenvalue weighted by Gasteiger charge is 2.34. The van der Waals surface area contributed by atoms with Gasteiger partial charge in [0.15, 0.2) is 0 Å². The molecular weight excluding hydrogens is 267 g/mol. The molecule has 2 aromatic rings. The van der Waals surface area contributed by atoms with Crippen molar-refractivity contribution in [1.29, 1.82) is 0 Å². The number of para-hydroxylation sites is 1. The Hall–Kier alpha value is -2.01. The van der Waals surface area contributed by atoms with E-state index in [4.69, 9.17) is 10.5 Å². The highest BCUT2D eigenvalue weighted by atomic mass is 19.4. The van der Waals surface area contributed by atoms with Crippen molar-refractivity contribution in [3.8, 4) is 11.5 Å². The molecule has 0 radical (unpaired) electrons. The van der Waals surface area contributed by atoms with Crippen molar-refractivity contribution in [2.75, 3.05) is 0 Å². The van der Waals surface area contributed by atoms with Crippen molar-refractivity contribution < 1.29 is 17.9 Å². The van der Waals surface area contributed by atoms with E-state index in [0.717, 1.165) is 11.6 Å². The SMILES string of the molecule is C[C@@H](N)c1ccc(Oc2ccccc2C(F)(F)F)cc1. The zero-order valence-electron chi connectivity index (χ0n) is 10.8. The van der Waals surface area contributed by atoms with Gasteiger partial charge in [-0.2, -0.15) is 13.2 Å². The summed E-state index contributed by atoms with van der Waals surface area (Å²) in [5.41, 5.74) is 5.80. The Kier molecular flexibility index (Phi) is 3.99. The van der Waals surface area contributed by atoms with Crippen molar-refractivity contribution in [1.82, 2.24) is 0 Å². The Morgan fingerprint density at radius 1 is 1.00 bits per heavy atom. The lowest BCUT2D eigenvalue weighted by Gasteiger charge is -2.14. The summed E-state index contributed by atoms with van der Waals surface area (Å²) in [5.74, 6) is 0.125. The van der Waals surface area contributed by atoms with Crippen LogP contribution in [-0.2, 0) is 6.18 Å². The predicted molar refractivity (Wildman–Crippen MR) is 70.6 cm³/mol. The quantitative estimate of drug-likeness (QED) is 0.897. The van der Waals surface area contributed by atoms with Gasteiger partial charge in [0.1, 0.15) is 11.5 Å². The van der Waals surface area contributed by atoms with E-state index in [2.05, 4.69) is 0 Å². The first-order valence-corrected chi connectivity index (χ1v) is 6.07. The van der Waals surface area contributed by atoms with Crippen molar-refractivity contribution >= 4 is 0 Å². The first kappa shape index (κ1) is 14.4. The molecule has 5 heteroatoms. The van der Waals surface area contributed by atoms with E-state index < -0.39 is 11.7 Å². The Bertz CT molecular complexity index is 576. The first-order chi connectivity index (χ1) is 9.38. The van der Waals surface area contributed by atoms with Crippen molar-refractivity contribution in [2.24, 2.45) is 5.73 Å². The molecule has 2 nitrogen and oxygen atoms in total. The molecule has 0 aliphatic carbocycles. The van der Waals surface area contributed by atoms with Gasteiger partial charge in [-0.15, -0.1) is 0 Å².